The summed E-state index contributed by atoms with van der Waals surface area (Å²) in [6, 6.07) is 10.3. The van der Waals surface area contributed by atoms with Crippen LogP contribution in [0.15, 0.2) is 54.7 Å². The Morgan fingerprint density at radius 1 is 0.836 bits per heavy atom. The van der Waals surface area contributed by atoms with Gasteiger partial charge in [0, 0.05) is 62.2 Å². The van der Waals surface area contributed by atoms with Crippen molar-refractivity contribution in [2.45, 2.75) is 84.0 Å². The zero-order valence-corrected chi connectivity index (χ0v) is 31.7. The molecule has 0 aliphatic rings. The average Bonchev–Trinajstić information content (AvgIpc) is 3.54. The molecule has 3 rings (SSSR count). The number of carbonyl (C=O) groups is 7. The van der Waals surface area contributed by atoms with Gasteiger partial charge in [-0.1, -0.05) is 44.2 Å². The highest BCUT2D eigenvalue weighted by molar-refractivity contribution is 5.98. The number of likely N-dealkylation sites (N-methyl/N-ethyl adjacent to an activating group) is 1. The molecule has 0 unspecified atom stereocenters. The predicted molar refractivity (Wildman–Crippen MR) is 206 cm³/mol. The molecule has 1 aromatic heterocycles. The van der Waals surface area contributed by atoms with Crippen LogP contribution in [-0.2, 0) is 41.7 Å². The molecule has 0 aliphatic heterocycles. The average molecular weight is 764 g/mol. The Hall–Kier alpha value is -6.13. The van der Waals surface area contributed by atoms with E-state index in [9.17, 15) is 33.6 Å². The minimum Gasteiger partial charge on any atom is -0.445 e. The molecule has 0 fully saturated rings. The summed E-state index contributed by atoms with van der Waals surface area (Å²) in [6.07, 6.45) is 1.99. The Kier molecular flexibility index (Phi) is 16.9. The van der Waals surface area contributed by atoms with Gasteiger partial charge in [-0.25, -0.2) is 9.59 Å². The highest BCUT2D eigenvalue weighted by Gasteiger charge is 2.30. The lowest BCUT2D eigenvalue weighted by Crippen LogP contribution is -2.53. The van der Waals surface area contributed by atoms with Crippen molar-refractivity contribution in [2.75, 3.05) is 25.5 Å². The van der Waals surface area contributed by atoms with Crippen molar-refractivity contribution in [2.24, 2.45) is 17.4 Å². The van der Waals surface area contributed by atoms with Crippen LogP contribution < -0.4 is 38.1 Å². The minimum atomic E-state index is -1.09. The van der Waals surface area contributed by atoms with Gasteiger partial charge >= 0.3 is 12.1 Å². The van der Waals surface area contributed by atoms with E-state index in [1.165, 1.54) is 7.05 Å². The smallest absolute Gasteiger partial charge is 0.410 e. The van der Waals surface area contributed by atoms with Crippen LogP contribution in [0.4, 0.5) is 15.3 Å². The molecular formula is C38H53N9O8. The summed E-state index contributed by atoms with van der Waals surface area (Å²) in [6.45, 7) is 5.85. The third kappa shape index (κ3) is 14.0. The molecule has 2 aromatic carbocycles. The molecule has 0 saturated heterocycles. The Bertz CT molecular complexity index is 1790. The van der Waals surface area contributed by atoms with Crippen LogP contribution in [0.3, 0.4) is 0 Å². The number of primary amides is 2. The second-order valence-electron chi connectivity index (χ2n) is 13.4. The van der Waals surface area contributed by atoms with Gasteiger partial charge in [0.25, 0.3) is 0 Å². The number of fused-ring (bicyclic) bond motifs is 1. The molecule has 55 heavy (non-hydrogen) atoms. The summed E-state index contributed by atoms with van der Waals surface area (Å²) < 4.78 is 5.35. The monoisotopic (exact) mass is 763 g/mol. The number of amides is 8. The maximum Gasteiger partial charge on any atom is 0.410 e. The molecule has 0 bridgehead atoms. The van der Waals surface area contributed by atoms with E-state index < -0.39 is 53.9 Å². The Morgan fingerprint density at radius 2 is 1.53 bits per heavy atom. The number of anilines is 1. The summed E-state index contributed by atoms with van der Waals surface area (Å²) in [4.78, 5) is 92.4. The van der Waals surface area contributed by atoms with E-state index in [4.69, 9.17) is 16.2 Å². The second kappa shape index (κ2) is 21.5. The molecule has 0 aliphatic carbocycles. The Morgan fingerprint density at radius 3 is 2.18 bits per heavy atom. The van der Waals surface area contributed by atoms with Gasteiger partial charge in [-0.2, -0.15) is 0 Å². The highest BCUT2D eigenvalue weighted by Crippen LogP contribution is 2.20. The quantitative estimate of drug-likeness (QED) is 0.0744. The molecule has 3 aromatic rings. The molecule has 17 nitrogen and oxygen atoms in total. The first-order valence-electron chi connectivity index (χ1n) is 18.2. The molecular weight excluding hydrogens is 710 g/mol. The molecule has 0 spiro atoms. The first kappa shape index (κ1) is 43.3. The van der Waals surface area contributed by atoms with Crippen molar-refractivity contribution in [3.63, 3.8) is 0 Å². The number of ether oxygens (including phenoxy) is 1. The molecule has 298 valence electrons. The van der Waals surface area contributed by atoms with Crippen LogP contribution in [0.5, 0.6) is 0 Å². The third-order valence-electron chi connectivity index (χ3n) is 8.75. The van der Waals surface area contributed by atoms with E-state index >= 15 is 0 Å². The fourth-order valence-corrected chi connectivity index (χ4v) is 5.99. The van der Waals surface area contributed by atoms with Crippen LogP contribution in [0.1, 0.15) is 64.0 Å². The van der Waals surface area contributed by atoms with E-state index in [0.29, 0.717) is 17.8 Å². The van der Waals surface area contributed by atoms with E-state index in [-0.39, 0.29) is 63.5 Å². The van der Waals surface area contributed by atoms with E-state index in [1.54, 1.807) is 51.2 Å². The second-order valence-corrected chi connectivity index (χ2v) is 13.4. The maximum absolute atomic E-state index is 13.9. The van der Waals surface area contributed by atoms with Gasteiger partial charge in [-0.15, -0.1) is 0 Å². The number of rotatable bonds is 21. The van der Waals surface area contributed by atoms with Crippen LogP contribution in [0.2, 0.25) is 0 Å². The van der Waals surface area contributed by atoms with Gasteiger partial charge in [0.15, 0.2) is 0 Å². The number of para-hydroxylation sites is 1. The summed E-state index contributed by atoms with van der Waals surface area (Å²) >= 11 is 0. The maximum atomic E-state index is 13.9. The number of nitrogens with zero attached hydrogens (tertiary/aromatic N) is 1. The summed E-state index contributed by atoms with van der Waals surface area (Å²) in [5, 5.41) is 14.4. The Balaban J connectivity index is 1.73. The van der Waals surface area contributed by atoms with Crippen LogP contribution >= 0.6 is 0 Å². The van der Waals surface area contributed by atoms with E-state index in [0.717, 1.165) is 21.4 Å². The SMILES string of the molecule is CCNC(=O)CCCC(=O)N[C@@H](Cc1c[nH]c2ccccc12)C(=O)N[C@@H](CCCNC(N)=O)C(=O)Nc1ccc(COC(=O)N(C)[C@H](C(N)=O)C(C)C)cc1. The number of hydrogen-bond donors (Lipinski definition) is 8. The van der Waals surface area contributed by atoms with Gasteiger partial charge in [0.1, 0.15) is 24.7 Å². The van der Waals surface area contributed by atoms with Crippen molar-refractivity contribution >= 4 is 58.3 Å². The highest BCUT2D eigenvalue weighted by atomic mass is 16.6. The van der Waals surface area contributed by atoms with E-state index in [2.05, 4.69) is 31.6 Å². The minimum absolute atomic E-state index is 0.00916. The number of urea groups is 1. The first-order valence-corrected chi connectivity index (χ1v) is 18.2. The largest absolute Gasteiger partial charge is 0.445 e. The normalized spacial score (nSPS) is 12.5. The number of nitrogens with one attached hydrogen (secondary N) is 6. The predicted octanol–water partition coefficient (Wildman–Crippen LogP) is 2.15. The van der Waals surface area contributed by atoms with Crippen LogP contribution in [0, 0.1) is 5.92 Å². The molecule has 1 heterocycles. The fraction of sp³-hybridized carbons (Fsp3) is 0.447. The van der Waals surface area contributed by atoms with Crippen molar-refractivity contribution in [1.29, 1.82) is 0 Å². The molecule has 17 heteroatoms. The number of hydrogen-bond acceptors (Lipinski definition) is 8. The van der Waals surface area contributed by atoms with Gasteiger partial charge in [0.05, 0.1) is 0 Å². The van der Waals surface area contributed by atoms with Crippen molar-refractivity contribution in [3.05, 3.63) is 65.9 Å². The summed E-state index contributed by atoms with van der Waals surface area (Å²) in [7, 11) is 1.44. The number of benzene rings is 2. The summed E-state index contributed by atoms with van der Waals surface area (Å²) in [5.41, 5.74) is 13.3. The standard InChI is InChI=1S/C38H53N9O8/c1-5-41-31(48)13-8-14-32(49)45-30(20-25-21-43-28-11-7-6-10-27(25)28)36(52)46-29(12-9-19-42-37(40)53)35(51)44-26-17-15-24(16-18-26)22-55-38(54)47(4)33(23(2)3)34(39)50/h6-7,10-11,15-18,21,23,29-30,33,43H,5,8-9,12-14,19-20,22H2,1-4H3,(H2,39,50)(H,41,48)(H,44,51)(H,45,49)(H,46,52)(H3,40,42,53)/t29-,30-,33-/m0/s1. The van der Waals surface area contributed by atoms with Gasteiger partial charge in [-0.05, 0) is 61.4 Å². The fourth-order valence-electron chi connectivity index (χ4n) is 5.99. The van der Waals surface area contributed by atoms with Gasteiger partial charge in [0.2, 0.25) is 29.5 Å². The number of carbonyl (C=O) groups excluding carboxylic acids is 7. The summed E-state index contributed by atoms with van der Waals surface area (Å²) in [5.74, 6) is -2.63. The van der Waals surface area contributed by atoms with Crippen molar-refractivity contribution in [1.82, 2.24) is 31.2 Å². The lowest BCUT2D eigenvalue weighted by atomic mass is 10.0. The topological polar surface area (TPSA) is 260 Å². The first-order chi connectivity index (χ1) is 26.2. The van der Waals surface area contributed by atoms with Gasteiger partial charge < -0.3 is 47.8 Å². The lowest BCUT2D eigenvalue weighted by Gasteiger charge is -2.27. The zero-order chi connectivity index (χ0) is 40.5. The zero-order valence-electron chi connectivity index (χ0n) is 31.7. The van der Waals surface area contributed by atoms with E-state index in [1.807, 2.05) is 24.3 Å². The molecule has 0 radical (unpaired) electrons. The molecule has 0 saturated carbocycles. The molecule has 3 atom stereocenters. The molecule has 8 amide bonds. The van der Waals surface area contributed by atoms with Crippen LogP contribution in [-0.4, -0.2) is 89.8 Å². The number of aromatic nitrogens is 1. The van der Waals surface area contributed by atoms with Crippen molar-refractivity contribution < 1.29 is 38.3 Å². The van der Waals surface area contributed by atoms with Gasteiger partial charge in [-0.3, -0.25) is 28.9 Å². The number of nitrogens with two attached hydrogens (primary N) is 2. The number of H-pyrrole nitrogens is 1. The molecule has 10 N–H and O–H groups in total. The lowest BCUT2D eigenvalue weighted by molar-refractivity contribution is -0.131. The van der Waals surface area contributed by atoms with Crippen LogP contribution in [0.25, 0.3) is 10.9 Å². The Labute approximate surface area is 320 Å². The van der Waals surface area contributed by atoms with Crippen molar-refractivity contribution in [3.8, 4) is 0 Å². The number of aromatic amines is 1. The third-order valence-corrected chi connectivity index (χ3v) is 8.75.